The first kappa shape index (κ1) is 18.3. The third kappa shape index (κ3) is 5.24. The minimum absolute atomic E-state index is 0.0155. The fourth-order valence-electron chi connectivity index (χ4n) is 2.52. The van der Waals surface area contributed by atoms with Gasteiger partial charge in [-0.3, -0.25) is 9.69 Å². The summed E-state index contributed by atoms with van der Waals surface area (Å²) in [5.74, 6) is 1.16. The van der Waals surface area contributed by atoms with Crippen LogP contribution in [-0.2, 0) is 15.3 Å². The minimum atomic E-state index is -0.290. The molecule has 1 saturated heterocycles. The SMILES string of the molecule is N#CCNC(=O)[C@H](CSCc1ccccc1C#N)N1CCOCC1. The molecule has 1 atom stereocenters. The Morgan fingerprint density at radius 1 is 1.33 bits per heavy atom. The van der Waals surface area contributed by atoms with Gasteiger partial charge in [-0.15, -0.1) is 0 Å². The van der Waals surface area contributed by atoms with Crippen molar-refractivity contribution in [2.24, 2.45) is 0 Å². The molecule has 1 amide bonds. The molecule has 1 aromatic carbocycles. The third-order valence-corrected chi connectivity index (χ3v) is 4.87. The van der Waals surface area contributed by atoms with Crippen LogP contribution < -0.4 is 5.32 Å². The number of ether oxygens (including phenoxy) is 1. The second-order valence-electron chi connectivity index (χ2n) is 5.32. The van der Waals surface area contributed by atoms with E-state index >= 15 is 0 Å². The topological polar surface area (TPSA) is 89.2 Å². The largest absolute Gasteiger partial charge is 0.379 e. The molecule has 1 aromatic rings. The summed E-state index contributed by atoms with van der Waals surface area (Å²) >= 11 is 1.62. The number of benzene rings is 1. The van der Waals surface area contributed by atoms with Gasteiger partial charge < -0.3 is 10.1 Å². The summed E-state index contributed by atoms with van der Waals surface area (Å²) in [7, 11) is 0. The molecule has 2 rings (SSSR count). The van der Waals surface area contributed by atoms with Gasteiger partial charge in [0.1, 0.15) is 6.54 Å². The lowest BCUT2D eigenvalue weighted by molar-refractivity contribution is -0.127. The number of hydrogen-bond acceptors (Lipinski definition) is 6. The number of thioether (sulfide) groups is 1. The zero-order valence-electron chi connectivity index (χ0n) is 13.4. The highest BCUT2D eigenvalue weighted by Gasteiger charge is 2.27. The molecule has 1 N–H and O–H groups in total. The summed E-state index contributed by atoms with van der Waals surface area (Å²) in [4.78, 5) is 14.5. The van der Waals surface area contributed by atoms with E-state index in [0.717, 1.165) is 5.56 Å². The molecular formula is C17H20N4O2S. The number of amides is 1. The molecule has 0 spiro atoms. The van der Waals surface area contributed by atoms with E-state index in [1.165, 1.54) is 0 Å². The van der Waals surface area contributed by atoms with E-state index < -0.39 is 0 Å². The van der Waals surface area contributed by atoms with E-state index in [1.807, 2.05) is 24.3 Å². The van der Waals surface area contributed by atoms with Gasteiger partial charge >= 0.3 is 0 Å². The highest BCUT2D eigenvalue weighted by Crippen LogP contribution is 2.19. The summed E-state index contributed by atoms with van der Waals surface area (Å²) in [6, 6.07) is 11.3. The molecule has 1 heterocycles. The fraction of sp³-hybridized carbons (Fsp3) is 0.471. The molecule has 0 aromatic heterocycles. The van der Waals surface area contributed by atoms with E-state index in [-0.39, 0.29) is 18.5 Å². The lowest BCUT2D eigenvalue weighted by atomic mass is 10.1. The average molecular weight is 344 g/mol. The maximum absolute atomic E-state index is 12.4. The van der Waals surface area contributed by atoms with E-state index in [4.69, 9.17) is 15.3 Å². The summed E-state index contributed by atoms with van der Waals surface area (Å²) < 4.78 is 5.35. The monoisotopic (exact) mass is 344 g/mol. The van der Waals surface area contributed by atoms with Gasteiger partial charge in [-0.05, 0) is 11.6 Å². The van der Waals surface area contributed by atoms with E-state index in [1.54, 1.807) is 17.8 Å². The van der Waals surface area contributed by atoms with Crippen LogP contribution in [0.4, 0.5) is 0 Å². The van der Waals surface area contributed by atoms with Gasteiger partial charge in [-0.25, -0.2) is 0 Å². The first-order chi connectivity index (χ1) is 11.8. The smallest absolute Gasteiger partial charge is 0.239 e. The highest BCUT2D eigenvalue weighted by molar-refractivity contribution is 7.98. The molecule has 6 nitrogen and oxygen atoms in total. The molecule has 0 aliphatic carbocycles. The zero-order chi connectivity index (χ0) is 17.2. The van der Waals surface area contributed by atoms with Crippen LogP contribution in [0.25, 0.3) is 0 Å². The zero-order valence-corrected chi connectivity index (χ0v) is 14.2. The van der Waals surface area contributed by atoms with Gasteiger partial charge in [-0.1, -0.05) is 18.2 Å². The van der Waals surface area contributed by atoms with Crippen molar-refractivity contribution in [3.05, 3.63) is 35.4 Å². The van der Waals surface area contributed by atoms with Crippen molar-refractivity contribution < 1.29 is 9.53 Å². The first-order valence-electron chi connectivity index (χ1n) is 7.78. The molecular weight excluding hydrogens is 324 g/mol. The van der Waals surface area contributed by atoms with Crippen molar-refractivity contribution in [1.82, 2.24) is 10.2 Å². The van der Waals surface area contributed by atoms with Crippen LogP contribution in [0.15, 0.2) is 24.3 Å². The molecule has 0 unspecified atom stereocenters. The van der Waals surface area contributed by atoms with Gasteiger partial charge in [0.2, 0.25) is 5.91 Å². The quantitative estimate of drug-likeness (QED) is 0.746. The van der Waals surface area contributed by atoms with Crippen molar-refractivity contribution in [2.45, 2.75) is 11.8 Å². The Balaban J connectivity index is 1.96. The molecule has 0 saturated carbocycles. The number of carbonyl (C=O) groups is 1. The van der Waals surface area contributed by atoms with Crippen LogP contribution in [0.2, 0.25) is 0 Å². The summed E-state index contributed by atoms with van der Waals surface area (Å²) in [6.07, 6.45) is 0. The predicted octanol–water partition coefficient (Wildman–Crippen LogP) is 1.13. The Hall–Kier alpha value is -2.06. The van der Waals surface area contributed by atoms with Gasteiger partial charge in [0, 0.05) is 24.6 Å². The van der Waals surface area contributed by atoms with Crippen molar-refractivity contribution in [2.75, 3.05) is 38.6 Å². The van der Waals surface area contributed by atoms with Gasteiger partial charge in [0.05, 0.1) is 37.0 Å². The van der Waals surface area contributed by atoms with Gasteiger partial charge in [0.15, 0.2) is 0 Å². The molecule has 1 aliphatic rings. The van der Waals surface area contributed by atoms with Crippen molar-refractivity contribution in [3.63, 3.8) is 0 Å². The summed E-state index contributed by atoms with van der Waals surface area (Å²) in [6.45, 7) is 2.66. The number of rotatable bonds is 7. The van der Waals surface area contributed by atoms with Crippen molar-refractivity contribution in [3.8, 4) is 12.1 Å². The molecule has 24 heavy (non-hydrogen) atoms. The maximum atomic E-state index is 12.4. The van der Waals surface area contributed by atoms with Crippen LogP contribution in [0.3, 0.4) is 0 Å². The van der Waals surface area contributed by atoms with Crippen LogP contribution in [-0.4, -0.2) is 55.4 Å². The van der Waals surface area contributed by atoms with Crippen LogP contribution in [0, 0.1) is 22.7 Å². The number of nitriles is 2. The lowest BCUT2D eigenvalue weighted by Crippen LogP contribution is -2.52. The van der Waals surface area contributed by atoms with E-state index in [0.29, 0.717) is 43.4 Å². The normalized spacial score (nSPS) is 15.9. The van der Waals surface area contributed by atoms with Gasteiger partial charge in [0.25, 0.3) is 0 Å². The highest BCUT2D eigenvalue weighted by atomic mass is 32.2. The second-order valence-corrected chi connectivity index (χ2v) is 6.35. The number of hydrogen-bond donors (Lipinski definition) is 1. The Morgan fingerprint density at radius 2 is 2.08 bits per heavy atom. The van der Waals surface area contributed by atoms with E-state index in [9.17, 15) is 4.79 Å². The molecule has 0 bridgehead atoms. The summed E-state index contributed by atoms with van der Waals surface area (Å²) in [5.41, 5.74) is 1.64. The maximum Gasteiger partial charge on any atom is 0.239 e. The van der Waals surface area contributed by atoms with Crippen LogP contribution in [0.1, 0.15) is 11.1 Å². The van der Waals surface area contributed by atoms with Crippen LogP contribution >= 0.6 is 11.8 Å². The number of nitrogens with one attached hydrogen (secondary N) is 1. The van der Waals surface area contributed by atoms with Crippen LogP contribution in [0.5, 0.6) is 0 Å². The molecule has 126 valence electrons. The average Bonchev–Trinajstić information content (AvgIpc) is 2.64. The fourth-order valence-corrected chi connectivity index (χ4v) is 3.69. The van der Waals surface area contributed by atoms with E-state index in [2.05, 4.69) is 16.3 Å². The Bertz CT molecular complexity index is 632. The number of carbonyl (C=O) groups excluding carboxylic acids is 1. The van der Waals surface area contributed by atoms with Crippen molar-refractivity contribution in [1.29, 1.82) is 10.5 Å². The molecule has 0 radical (unpaired) electrons. The standard InChI is InChI=1S/C17H20N4O2S/c18-5-6-20-17(22)16(21-7-9-23-10-8-21)13-24-12-15-4-2-1-3-14(15)11-19/h1-4,16H,6-10,12-13H2,(H,20,22)/t16-/m0/s1. The number of nitrogens with zero attached hydrogens (tertiary/aromatic N) is 3. The summed E-state index contributed by atoms with van der Waals surface area (Å²) in [5, 5.41) is 20.4. The molecule has 7 heteroatoms. The second kappa shape index (κ2) is 9.94. The number of morpholine rings is 1. The third-order valence-electron chi connectivity index (χ3n) is 3.80. The first-order valence-corrected chi connectivity index (χ1v) is 8.94. The Labute approximate surface area is 146 Å². The van der Waals surface area contributed by atoms with Gasteiger partial charge in [-0.2, -0.15) is 22.3 Å². The van der Waals surface area contributed by atoms with Crippen molar-refractivity contribution >= 4 is 17.7 Å². The Kier molecular flexibility index (Phi) is 7.57. The minimum Gasteiger partial charge on any atom is -0.379 e. The molecule has 1 fully saturated rings. The Morgan fingerprint density at radius 3 is 2.79 bits per heavy atom. The predicted molar refractivity (Wildman–Crippen MR) is 92.1 cm³/mol. The molecule has 1 aliphatic heterocycles. The lowest BCUT2D eigenvalue weighted by Gasteiger charge is -2.33.